The second-order valence-corrected chi connectivity index (χ2v) is 5.82. The highest BCUT2D eigenvalue weighted by Crippen LogP contribution is 2.29. The third kappa shape index (κ3) is 2.54. The summed E-state index contributed by atoms with van der Waals surface area (Å²) in [6.45, 7) is 4.07. The molecule has 0 radical (unpaired) electrons. The number of hydrogen-bond donors (Lipinski definition) is 0. The molecule has 20 heavy (non-hydrogen) atoms. The normalized spacial score (nSPS) is 11.1. The summed E-state index contributed by atoms with van der Waals surface area (Å²) in [6, 6.07) is 4.17. The van der Waals surface area contributed by atoms with Crippen LogP contribution in [0.15, 0.2) is 36.1 Å². The zero-order valence-electron chi connectivity index (χ0n) is 11.8. The lowest BCUT2D eigenvalue weighted by molar-refractivity contribution is 0.623. The predicted octanol–water partition coefficient (Wildman–Crippen LogP) is 3.33. The van der Waals surface area contributed by atoms with Gasteiger partial charge in [-0.3, -0.25) is 4.98 Å². The van der Waals surface area contributed by atoms with Crippen LogP contribution in [-0.4, -0.2) is 28.1 Å². The van der Waals surface area contributed by atoms with Crippen molar-refractivity contribution in [2.24, 2.45) is 0 Å². The standard InChI is InChI=1S/C15H18N4S/c1-12-16-7-10-19(12)9-3-8-18(2)14-4-6-17-13-5-11-20-15(13)14/h4-7,10-11H,3,8-9H2,1-2H3. The molecule has 0 unspecified atom stereocenters. The Hall–Kier alpha value is -1.88. The average Bonchev–Trinajstić information content (AvgIpc) is 3.07. The zero-order chi connectivity index (χ0) is 13.9. The third-order valence-electron chi connectivity index (χ3n) is 3.55. The van der Waals surface area contributed by atoms with E-state index in [0.717, 1.165) is 30.9 Å². The smallest absolute Gasteiger partial charge is 0.105 e. The van der Waals surface area contributed by atoms with Crippen LogP contribution in [0.1, 0.15) is 12.2 Å². The Morgan fingerprint density at radius 3 is 2.95 bits per heavy atom. The van der Waals surface area contributed by atoms with Crippen LogP contribution in [0.5, 0.6) is 0 Å². The molecule has 4 nitrogen and oxygen atoms in total. The first-order chi connectivity index (χ1) is 9.75. The van der Waals surface area contributed by atoms with Crippen molar-refractivity contribution >= 4 is 27.2 Å². The number of fused-ring (bicyclic) bond motifs is 1. The molecule has 0 aliphatic heterocycles. The van der Waals surface area contributed by atoms with E-state index in [2.05, 4.69) is 44.0 Å². The van der Waals surface area contributed by atoms with E-state index >= 15 is 0 Å². The number of aromatic nitrogens is 3. The SMILES string of the molecule is Cc1nccn1CCCN(C)c1ccnc2ccsc12. The van der Waals surface area contributed by atoms with Crippen molar-refractivity contribution in [2.45, 2.75) is 19.9 Å². The molecule has 0 aliphatic carbocycles. The molecule has 0 bridgehead atoms. The van der Waals surface area contributed by atoms with Gasteiger partial charge in [-0.05, 0) is 30.9 Å². The summed E-state index contributed by atoms with van der Waals surface area (Å²) in [5, 5.41) is 2.10. The molecule has 0 fully saturated rings. The molecule has 0 saturated carbocycles. The van der Waals surface area contributed by atoms with Gasteiger partial charge in [0.05, 0.1) is 15.9 Å². The summed E-state index contributed by atoms with van der Waals surface area (Å²) in [5.41, 5.74) is 2.36. The highest BCUT2D eigenvalue weighted by atomic mass is 32.1. The first kappa shape index (κ1) is 13.1. The minimum absolute atomic E-state index is 1.01. The second kappa shape index (κ2) is 5.63. The molecule has 0 aromatic carbocycles. The van der Waals surface area contributed by atoms with Gasteiger partial charge in [0, 0.05) is 38.7 Å². The van der Waals surface area contributed by atoms with Crippen LogP contribution < -0.4 is 4.90 Å². The highest BCUT2D eigenvalue weighted by Gasteiger charge is 2.07. The molecular formula is C15H18N4S. The predicted molar refractivity (Wildman–Crippen MR) is 84.5 cm³/mol. The quantitative estimate of drug-likeness (QED) is 0.721. The van der Waals surface area contributed by atoms with Gasteiger partial charge < -0.3 is 9.47 Å². The van der Waals surface area contributed by atoms with E-state index in [-0.39, 0.29) is 0 Å². The van der Waals surface area contributed by atoms with Crippen LogP contribution in [0.25, 0.3) is 10.2 Å². The molecule has 0 spiro atoms. The number of nitrogens with zero attached hydrogens (tertiary/aromatic N) is 4. The fourth-order valence-corrected chi connectivity index (χ4v) is 3.32. The number of pyridine rings is 1. The number of anilines is 1. The van der Waals surface area contributed by atoms with Gasteiger partial charge in [0.1, 0.15) is 5.82 Å². The van der Waals surface area contributed by atoms with Crippen LogP contribution >= 0.6 is 11.3 Å². The first-order valence-electron chi connectivity index (χ1n) is 6.77. The first-order valence-corrected chi connectivity index (χ1v) is 7.65. The maximum absolute atomic E-state index is 4.39. The van der Waals surface area contributed by atoms with Crippen molar-refractivity contribution in [1.82, 2.24) is 14.5 Å². The van der Waals surface area contributed by atoms with Gasteiger partial charge in [-0.15, -0.1) is 11.3 Å². The van der Waals surface area contributed by atoms with Gasteiger partial charge in [0.25, 0.3) is 0 Å². The molecule has 0 N–H and O–H groups in total. The van der Waals surface area contributed by atoms with Gasteiger partial charge >= 0.3 is 0 Å². The molecule has 0 atom stereocenters. The summed E-state index contributed by atoms with van der Waals surface area (Å²) >= 11 is 1.76. The van der Waals surface area contributed by atoms with E-state index in [1.807, 2.05) is 25.5 Å². The zero-order valence-corrected chi connectivity index (χ0v) is 12.6. The summed E-state index contributed by atoms with van der Waals surface area (Å²) in [5.74, 6) is 1.08. The van der Waals surface area contributed by atoms with E-state index < -0.39 is 0 Å². The lowest BCUT2D eigenvalue weighted by Crippen LogP contribution is -2.20. The molecular weight excluding hydrogens is 268 g/mol. The van der Waals surface area contributed by atoms with Gasteiger partial charge in [0.2, 0.25) is 0 Å². The van der Waals surface area contributed by atoms with Crippen molar-refractivity contribution in [3.8, 4) is 0 Å². The molecule has 0 saturated heterocycles. The number of imidazole rings is 1. The molecule has 3 aromatic heterocycles. The van der Waals surface area contributed by atoms with E-state index in [9.17, 15) is 0 Å². The van der Waals surface area contributed by atoms with Crippen LogP contribution in [0.4, 0.5) is 5.69 Å². The van der Waals surface area contributed by atoms with Crippen LogP contribution in [0, 0.1) is 6.92 Å². The number of rotatable bonds is 5. The summed E-state index contributed by atoms with van der Waals surface area (Å²) in [6.07, 6.45) is 6.89. The maximum Gasteiger partial charge on any atom is 0.105 e. The lowest BCUT2D eigenvalue weighted by Gasteiger charge is -2.20. The highest BCUT2D eigenvalue weighted by molar-refractivity contribution is 7.17. The molecule has 3 aromatic rings. The van der Waals surface area contributed by atoms with Crippen LogP contribution in [-0.2, 0) is 6.54 Å². The Balaban J connectivity index is 1.66. The van der Waals surface area contributed by atoms with Gasteiger partial charge in [-0.2, -0.15) is 0 Å². The maximum atomic E-state index is 4.39. The Bertz CT molecular complexity index is 701. The van der Waals surface area contributed by atoms with E-state index in [1.54, 1.807) is 11.3 Å². The van der Waals surface area contributed by atoms with Crippen LogP contribution in [0.2, 0.25) is 0 Å². The average molecular weight is 286 g/mol. The van der Waals surface area contributed by atoms with E-state index in [0.29, 0.717) is 0 Å². The summed E-state index contributed by atoms with van der Waals surface area (Å²) < 4.78 is 3.47. The number of aryl methyl sites for hydroxylation is 2. The topological polar surface area (TPSA) is 34.0 Å². The summed E-state index contributed by atoms with van der Waals surface area (Å²) in [4.78, 5) is 10.9. The second-order valence-electron chi connectivity index (χ2n) is 4.91. The van der Waals surface area contributed by atoms with E-state index in [4.69, 9.17) is 0 Å². The lowest BCUT2D eigenvalue weighted by atomic mass is 10.3. The fraction of sp³-hybridized carbons (Fsp3) is 0.333. The molecule has 3 rings (SSSR count). The molecule has 0 aliphatic rings. The summed E-state index contributed by atoms with van der Waals surface area (Å²) in [7, 11) is 2.15. The third-order valence-corrected chi connectivity index (χ3v) is 4.48. The Kier molecular flexibility index (Phi) is 3.69. The van der Waals surface area contributed by atoms with Crippen LogP contribution in [0.3, 0.4) is 0 Å². The number of hydrogen-bond acceptors (Lipinski definition) is 4. The van der Waals surface area contributed by atoms with E-state index in [1.165, 1.54) is 10.4 Å². The van der Waals surface area contributed by atoms with Gasteiger partial charge in [-0.1, -0.05) is 0 Å². The van der Waals surface area contributed by atoms with Gasteiger partial charge in [-0.25, -0.2) is 4.98 Å². The van der Waals surface area contributed by atoms with Crippen molar-refractivity contribution in [3.63, 3.8) is 0 Å². The largest absolute Gasteiger partial charge is 0.373 e. The van der Waals surface area contributed by atoms with Crippen molar-refractivity contribution in [1.29, 1.82) is 0 Å². The molecule has 0 amide bonds. The van der Waals surface area contributed by atoms with Gasteiger partial charge in [0.15, 0.2) is 0 Å². The molecule has 3 heterocycles. The van der Waals surface area contributed by atoms with Crippen molar-refractivity contribution in [3.05, 3.63) is 41.9 Å². The Morgan fingerprint density at radius 2 is 2.15 bits per heavy atom. The fourth-order valence-electron chi connectivity index (χ4n) is 2.40. The minimum atomic E-state index is 1.01. The Labute approximate surface area is 122 Å². The Morgan fingerprint density at radius 1 is 1.25 bits per heavy atom. The number of thiophene rings is 1. The molecule has 104 valence electrons. The monoisotopic (exact) mass is 286 g/mol. The minimum Gasteiger partial charge on any atom is -0.373 e. The molecule has 5 heteroatoms. The van der Waals surface area contributed by atoms with Crippen molar-refractivity contribution in [2.75, 3.05) is 18.5 Å². The van der Waals surface area contributed by atoms with Crippen molar-refractivity contribution < 1.29 is 0 Å².